The molecule has 3 heterocycles. The first-order valence-electron chi connectivity index (χ1n) is 9.67. The highest BCUT2D eigenvalue weighted by Crippen LogP contribution is 2.22. The Morgan fingerprint density at radius 1 is 1.10 bits per heavy atom. The van der Waals surface area contributed by atoms with Crippen molar-refractivity contribution in [3.8, 4) is 0 Å². The molecule has 3 aromatic heterocycles. The van der Waals surface area contributed by atoms with Gasteiger partial charge in [-0.05, 0) is 48.9 Å². The van der Waals surface area contributed by atoms with Gasteiger partial charge in [0.2, 0.25) is 0 Å². The molecule has 1 aromatic carbocycles. The summed E-state index contributed by atoms with van der Waals surface area (Å²) < 4.78 is 5.38. The third kappa shape index (κ3) is 5.10. The molecule has 1 atom stereocenters. The molecule has 0 fully saturated rings. The molecular weight excluding hydrogens is 412 g/mol. The standard InChI is InChI=1S/C23H20N4O3S/c1-15(30-23(29)19-9-12-26-21-18(19)8-11-25-21)22(28)27-17-6-4-5-16(13-17)14-31-20-7-2-3-10-24-20/h2-13,15H,14H2,1H3,(H,25,26)(H,27,28). The van der Waals surface area contributed by atoms with Gasteiger partial charge in [0.25, 0.3) is 5.91 Å². The fourth-order valence-electron chi connectivity index (χ4n) is 2.99. The Kier molecular flexibility index (Phi) is 6.28. The lowest BCUT2D eigenvalue weighted by atomic mass is 10.2. The van der Waals surface area contributed by atoms with Gasteiger partial charge in [-0.25, -0.2) is 14.8 Å². The van der Waals surface area contributed by atoms with E-state index in [0.29, 0.717) is 22.3 Å². The molecule has 0 saturated heterocycles. The fourth-order valence-corrected chi connectivity index (χ4v) is 3.79. The molecule has 2 N–H and O–H groups in total. The number of pyridine rings is 2. The molecule has 0 spiro atoms. The zero-order valence-corrected chi connectivity index (χ0v) is 17.6. The normalized spacial score (nSPS) is 11.8. The molecule has 7 nitrogen and oxygen atoms in total. The van der Waals surface area contributed by atoms with Crippen LogP contribution in [0.25, 0.3) is 11.0 Å². The van der Waals surface area contributed by atoms with Crippen molar-refractivity contribution in [1.82, 2.24) is 15.0 Å². The molecule has 31 heavy (non-hydrogen) atoms. The SMILES string of the molecule is CC(OC(=O)c1ccnc2[nH]ccc12)C(=O)Nc1cccc(CSc2ccccn2)c1. The predicted octanol–water partition coefficient (Wildman–Crippen LogP) is 4.43. The van der Waals surface area contributed by atoms with Crippen LogP contribution in [0, 0.1) is 0 Å². The van der Waals surface area contributed by atoms with Gasteiger partial charge < -0.3 is 15.0 Å². The van der Waals surface area contributed by atoms with Crippen molar-refractivity contribution in [3.05, 3.63) is 84.3 Å². The number of thioether (sulfide) groups is 1. The summed E-state index contributed by atoms with van der Waals surface area (Å²) in [5.74, 6) is -0.252. The van der Waals surface area contributed by atoms with Gasteiger partial charge in [0.05, 0.1) is 10.6 Å². The molecular formula is C23H20N4O3S. The second kappa shape index (κ2) is 9.44. The Morgan fingerprint density at radius 3 is 2.84 bits per heavy atom. The van der Waals surface area contributed by atoms with Crippen molar-refractivity contribution in [3.63, 3.8) is 0 Å². The van der Waals surface area contributed by atoms with Crippen LogP contribution >= 0.6 is 11.8 Å². The summed E-state index contributed by atoms with van der Waals surface area (Å²) in [5, 5.41) is 4.40. The van der Waals surface area contributed by atoms with Crippen LogP contribution in [0.5, 0.6) is 0 Å². The van der Waals surface area contributed by atoms with E-state index in [1.54, 1.807) is 49.3 Å². The highest BCUT2D eigenvalue weighted by molar-refractivity contribution is 7.98. The van der Waals surface area contributed by atoms with Gasteiger partial charge in [-0.3, -0.25) is 4.79 Å². The molecule has 4 aromatic rings. The average molecular weight is 433 g/mol. The van der Waals surface area contributed by atoms with Crippen LogP contribution in [-0.4, -0.2) is 32.9 Å². The molecule has 4 rings (SSSR count). The number of nitrogens with zero attached hydrogens (tertiary/aromatic N) is 2. The lowest BCUT2D eigenvalue weighted by Crippen LogP contribution is -2.30. The number of amides is 1. The van der Waals surface area contributed by atoms with E-state index in [1.807, 2.05) is 36.4 Å². The highest BCUT2D eigenvalue weighted by atomic mass is 32.2. The lowest BCUT2D eigenvalue weighted by molar-refractivity contribution is -0.123. The van der Waals surface area contributed by atoms with Crippen molar-refractivity contribution in [2.45, 2.75) is 23.8 Å². The second-order valence-corrected chi connectivity index (χ2v) is 7.79. The van der Waals surface area contributed by atoms with Gasteiger partial charge in [-0.1, -0.05) is 18.2 Å². The third-order valence-electron chi connectivity index (χ3n) is 4.55. The molecule has 0 aliphatic rings. The van der Waals surface area contributed by atoms with Crippen LogP contribution in [-0.2, 0) is 15.3 Å². The van der Waals surface area contributed by atoms with Crippen LogP contribution in [0.3, 0.4) is 0 Å². The molecule has 8 heteroatoms. The van der Waals surface area contributed by atoms with Gasteiger partial charge in [-0.2, -0.15) is 0 Å². The van der Waals surface area contributed by atoms with Crippen molar-refractivity contribution in [1.29, 1.82) is 0 Å². The predicted molar refractivity (Wildman–Crippen MR) is 120 cm³/mol. The summed E-state index contributed by atoms with van der Waals surface area (Å²) >= 11 is 1.61. The van der Waals surface area contributed by atoms with E-state index in [-0.39, 0.29) is 0 Å². The minimum atomic E-state index is -0.957. The average Bonchev–Trinajstić information content (AvgIpc) is 3.27. The maximum atomic E-state index is 12.6. The largest absolute Gasteiger partial charge is 0.449 e. The van der Waals surface area contributed by atoms with E-state index in [9.17, 15) is 9.59 Å². The van der Waals surface area contributed by atoms with Crippen molar-refractivity contribution < 1.29 is 14.3 Å². The summed E-state index contributed by atoms with van der Waals surface area (Å²) in [6.07, 6.45) is 4.02. The number of anilines is 1. The van der Waals surface area contributed by atoms with Gasteiger partial charge >= 0.3 is 5.97 Å². The quantitative estimate of drug-likeness (QED) is 0.331. The lowest BCUT2D eigenvalue weighted by Gasteiger charge is -2.14. The number of hydrogen-bond acceptors (Lipinski definition) is 6. The maximum absolute atomic E-state index is 12.6. The number of carbonyl (C=O) groups is 2. The summed E-state index contributed by atoms with van der Waals surface area (Å²) in [6.45, 7) is 1.55. The highest BCUT2D eigenvalue weighted by Gasteiger charge is 2.21. The first-order valence-corrected chi connectivity index (χ1v) is 10.7. The van der Waals surface area contributed by atoms with Crippen LogP contribution in [0.1, 0.15) is 22.8 Å². The van der Waals surface area contributed by atoms with Crippen LogP contribution in [0.2, 0.25) is 0 Å². The molecule has 1 amide bonds. The molecule has 0 bridgehead atoms. The van der Waals surface area contributed by atoms with E-state index >= 15 is 0 Å². The Hall–Kier alpha value is -3.65. The number of esters is 1. The maximum Gasteiger partial charge on any atom is 0.339 e. The van der Waals surface area contributed by atoms with Gasteiger partial charge in [0.1, 0.15) is 5.65 Å². The Balaban J connectivity index is 1.36. The van der Waals surface area contributed by atoms with Gasteiger partial charge in [0.15, 0.2) is 6.10 Å². The Labute approximate surface area is 183 Å². The number of carbonyl (C=O) groups excluding carboxylic acids is 2. The second-order valence-electron chi connectivity index (χ2n) is 6.79. The van der Waals surface area contributed by atoms with Gasteiger partial charge in [-0.15, -0.1) is 11.8 Å². The Bertz CT molecular complexity index is 1210. The number of aromatic nitrogens is 3. The molecule has 0 saturated carbocycles. The topological polar surface area (TPSA) is 97.0 Å². The first-order chi connectivity index (χ1) is 15.1. The minimum Gasteiger partial charge on any atom is -0.449 e. The van der Waals surface area contributed by atoms with E-state index in [1.165, 1.54) is 6.20 Å². The van der Waals surface area contributed by atoms with E-state index in [0.717, 1.165) is 16.3 Å². The van der Waals surface area contributed by atoms with Crippen molar-refractivity contribution >= 4 is 40.4 Å². The zero-order valence-electron chi connectivity index (χ0n) is 16.7. The number of ether oxygens (including phenoxy) is 1. The van der Waals surface area contributed by atoms with Crippen LogP contribution < -0.4 is 5.32 Å². The van der Waals surface area contributed by atoms with Gasteiger partial charge in [0, 0.05) is 35.4 Å². The number of rotatable bonds is 7. The number of hydrogen-bond donors (Lipinski definition) is 2. The van der Waals surface area contributed by atoms with Crippen molar-refractivity contribution in [2.24, 2.45) is 0 Å². The summed E-state index contributed by atoms with van der Waals surface area (Å²) in [6, 6.07) is 16.7. The molecule has 1 unspecified atom stereocenters. The summed E-state index contributed by atoms with van der Waals surface area (Å²) in [7, 11) is 0. The minimum absolute atomic E-state index is 0.361. The summed E-state index contributed by atoms with van der Waals surface area (Å²) in [5.41, 5.74) is 2.64. The first kappa shape index (κ1) is 20.6. The molecule has 0 radical (unpaired) electrons. The number of benzene rings is 1. The monoisotopic (exact) mass is 432 g/mol. The number of aromatic amines is 1. The van der Waals surface area contributed by atoms with Crippen molar-refractivity contribution in [2.75, 3.05) is 5.32 Å². The smallest absolute Gasteiger partial charge is 0.339 e. The molecule has 0 aliphatic carbocycles. The Morgan fingerprint density at radius 2 is 2.00 bits per heavy atom. The molecule has 156 valence electrons. The zero-order chi connectivity index (χ0) is 21.6. The third-order valence-corrected chi connectivity index (χ3v) is 5.57. The molecule has 0 aliphatic heterocycles. The van der Waals surface area contributed by atoms with E-state index in [4.69, 9.17) is 4.74 Å². The summed E-state index contributed by atoms with van der Waals surface area (Å²) in [4.78, 5) is 36.5. The number of H-pyrrole nitrogens is 1. The van der Waals surface area contributed by atoms with E-state index in [2.05, 4.69) is 20.3 Å². The number of fused-ring (bicyclic) bond motifs is 1. The fraction of sp³-hybridized carbons (Fsp3) is 0.130. The van der Waals surface area contributed by atoms with Crippen LogP contribution in [0.4, 0.5) is 5.69 Å². The van der Waals surface area contributed by atoms with Crippen LogP contribution in [0.15, 0.2) is 78.2 Å². The number of nitrogens with one attached hydrogen (secondary N) is 2. The van der Waals surface area contributed by atoms with E-state index < -0.39 is 18.0 Å².